The standard InChI is InChI=1S/C23H20ClN3O3S/c1-3-29-18-11-7-16(13-19(18)30-4-2)14-20-22(28)27-23(31-20)25-21(26-27)12-8-15-5-9-17(24)10-6-15/h5-14H,3-4H2,1-2H3/b12-8+,20-14+. The normalized spacial score (nSPS) is 12.2. The molecule has 31 heavy (non-hydrogen) atoms. The van der Waals surface area contributed by atoms with E-state index in [1.807, 2.05) is 68.5 Å². The smallest absolute Gasteiger partial charge is 0.291 e. The average molecular weight is 454 g/mol. The predicted molar refractivity (Wildman–Crippen MR) is 125 cm³/mol. The van der Waals surface area contributed by atoms with Gasteiger partial charge in [-0.1, -0.05) is 47.2 Å². The van der Waals surface area contributed by atoms with Gasteiger partial charge in [-0.25, -0.2) is 0 Å². The van der Waals surface area contributed by atoms with Crippen molar-refractivity contribution in [1.29, 1.82) is 0 Å². The lowest BCUT2D eigenvalue weighted by Crippen LogP contribution is -2.23. The Kier molecular flexibility index (Phi) is 6.34. The van der Waals surface area contributed by atoms with Crippen LogP contribution >= 0.6 is 22.9 Å². The van der Waals surface area contributed by atoms with Crippen molar-refractivity contribution >= 4 is 46.1 Å². The molecule has 0 bridgehead atoms. The first kappa shape index (κ1) is 21.1. The number of nitrogens with zero attached hydrogens (tertiary/aromatic N) is 3. The van der Waals surface area contributed by atoms with E-state index in [9.17, 15) is 4.79 Å². The zero-order chi connectivity index (χ0) is 21.8. The van der Waals surface area contributed by atoms with Crippen molar-refractivity contribution in [2.24, 2.45) is 0 Å². The molecule has 0 atom stereocenters. The van der Waals surface area contributed by atoms with Crippen LogP contribution in [0.15, 0.2) is 47.3 Å². The monoisotopic (exact) mass is 453 g/mol. The molecule has 2 aromatic heterocycles. The number of ether oxygens (including phenoxy) is 2. The van der Waals surface area contributed by atoms with Gasteiger partial charge < -0.3 is 9.47 Å². The topological polar surface area (TPSA) is 65.7 Å². The summed E-state index contributed by atoms with van der Waals surface area (Å²) in [4.78, 5) is 17.8. The highest BCUT2D eigenvalue weighted by Gasteiger charge is 2.10. The molecule has 8 heteroatoms. The lowest BCUT2D eigenvalue weighted by atomic mass is 10.2. The van der Waals surface area contributed by atoms with Gasteiger partial charge in [-0.05, 0) is 61.4 Å². The van der Waals surface area contributed by atoms with Crippen molar-refractivity contribution in [2.75, 3.05) is 13.2 Å². The summed E-state index contributed by atoms with van der Waals surface area (Å²) in [5, 5.41) is 5.00. The third-order valence-electron chi connectivity index (χ3n) is 4.36. The quantitative estimate of drug-likeness (QED) is 0.417. The van der Waals surface area contributed by atoms with Crippen LogP contribution in [0.25, 0.3) is 23.2 Å². The van der Waals surface area contributed by atoms with Gasteiger partial charge in [0.25, 0.3) is 5.56 Å². The fourth-order valence-electron chi connectivity index (χ4n) is 2.97. The van der Waals surface area contributed by atoms with E-state index in [0.717, 1.165) is 11.1 Å². The highest BCUT2D eigenvalue weighted by Crippen LogP contribution is 2.28. The summed E-state index contributed by atoms with van der Waals surface area (Å²) in [5.74, 6) is 1.81. The zero-order valence-electron chi connectivity index (χ0n) is 17.0. The number of hydrogen-bond donors (Lipinski definition) is 0. The van der Waals surface area contributed by atoms with E-state index in [1.165, 1.54) is 15.9 Å². The molecule has 2 aromatic carbocycles. The molecule has 158 valence electrons. The van der Waals surface area contributed by atoms with E-state index in [-0.39, 0.29) is 5.56 Å². The summed E-state index contributed by atoms with van der Waals surface area (Å²) in [6, 6.07) is 13.0. The predicted octanol–water partition coefficient (Wildman–Crippen LogP) is 4.32. The number of fused-ring (bicyclic) bond motifs is 1. The lowest BCUT2D eigenvalue weighted by Gasteiger charge is -2.11. The van der Waals surface area contributed by atoms with Crippen molar-refractivity contribution < 1.29 is 9.47 Å². The molecule has 6 nitrogen and oxygen atoms in total. The Bertz CT molecular complexity index is 1340. The molecule has 0 aliphatic heterocycles. The van der Waals surface area contributed by atoms with E-state index in [4.69, 9.17) is 21.1 Å². The van der Waals surface area contributed by atoms with Crippen LogP contribution in [0.5, 0.6) is 11.5 Å². The molecule has 0 N–H and O–H groups in total. The third kappa shape index (κ3) is 4.78. The van der Waals surface area contributed by atoms with Crippen LogP contribution in [0.4, 0.5) is 0 Å². The molecular weight excluding hydrogens is 434 g/mol. The lowest BCUT2D eigenvalue weighted by molar-refractivity contribution is 0.287. The van der Waals surface area contributed by atoms with Gasteiger partial charge in [0.05, 0.1) is 17.7 Å². The molecule has 0 spiro atoms. The highest BCUT2D eigenvalue weighted by molar-refractivity contribution is 7.15. The maximum absolute atomic E-state index is 12.8. The number of aromatic nitrogens is 3. The van der Waals surface area contributed by atoms with E-state index in [0.29, 0.717) is 45.1 Å². The molecule has 0 aliphatic carbocycles. The largest absolute Gasteiger partial charge is 0.490 e. The van der Waals surface area contributed by atoms with Gasteiger partial charge in [0.2, 0.25) is 4.96 Å². The van der Waals surface area contributed by atoms with Crippen molar-refractivity contribution in [2.45, 2.75) is 13.8 Å². The highest BCUT2D eigenvalue weighted by atomic mass is 35.5. The SMILES string of the molecule is CCOc1ccc(/C=c2/sc3nc(/C=C/c4ccc(Cl)cc4)nn3c2=O)cc1OCC. The Balaban J connectivity index is 1.63. The molecule has 0 radical (unpaired) electrons. The van der Waals surface area contributed by atoms with Gasteiger partial charge >= 0.3 is 0 Å². The minimum atomic E-state index is -0.203. The number of hydrogen-bond acceptors (Lipinski definition) is 6. The number of halogens is 1. The second-order valence-electron chi connectivity index (χ2n) is 6.54. The van der Waals surface area contributed by atoms with Crippen LogP contribution in [0.1, 0.15) is 30.8 Å². The summed E-state index contributed by atoms with van der Waals surface area (Å²) >= 11 is 7.20. The van der Waals surface area contributed by atoms with Gasteiger partial charge in [-0.2, -0.15) is 9.50 Å². The molecule has 0 unspecified atom stereocenters. The minimum absolute atomic E-state index is 0.203. The van der Waals surface area contributed by atoms with Crippen LogP contribution in [0, 0.1) is 0 Å². The summed E-state index contributed by atoms with van der Waals surface area (Å²) in [5.41, 5.74) is 1.61. The molecule has 2 heterocycles. The Morgan fingerprint density at radius 2 is 1.71 bits per heavy atom. The van der Waals surface area contributed by atoms with E-state index in [1.54, 1.807) is 6.08 Å². The van der Waals surface area contributed by atoms with Gasteiger partial charge in [0.15, 0.2) is 17.3 Å². The Hall–Kier alpha value is -3.16. The van der Waals surface area contributed by atoms with Gasteiger partial charge in [0, 0.05) is 5.02 Å². The van der Waals surface area contributed by atoms with E-state index >= 15 is 0 Å². The zero-order valence-corrected chi connectivity index (χ0v) is 18.6. The molecule has 4 rings (SSSR count). The van der Waals surface area contributed by atoms with Crippen molar-refractivity contribution in [3.63, 3.8) is 0 Å². The van der Waals surface area contributed by atoms with Crippen LogP contribution in [-0.2, 0) is 0 Å². The van der Waals surface area contributed by atoms with Crippen LogP contribution < -0.4 is 19.6 Å². The second kappa shape index (κ2) is 9.32. The van der Waals surface area contributed by atoms with Crippen molar-refractivity contribution in [3.05, 3.63) is 79.3 Å². The molecule has 0 amide bonds. The summed E-state index contributed by atoms with van der Waals surface area (Å²) < 4.78 is 13.1. The first-order valence-electron chi connectivity index (χ1n) is 9.82. The Morgan fingerprint density at radius 1 is 1.00 bits per heavy atom. The molecule has 0 fully saturated rings. The van der Waals surface area contributed by atoms with Crippen LogP contribution in [-0.4, -0.2) is 27.8 Å². The summed E-state index contributed by atoms with van der Waals surface area (Å²) in [6.07, 6.45) is 5.46. The minimum Gasteiger partial charge on any atom is -0.490 e. The van der Waals surface area contributed by atoms with Crippen molar-refractivity contribution in [1.82, 2.24) is 14.6 Å². The maximum Gasteiger partial charge on any atom is 0.291 e. The second-order valence-corrected chi connectivity index (χ2v) is 7.98. The van der Waals surface area contributed by atoms with Gasteiger partial charge in [-0.15, -0.1) is 5.10 Å². The molecule has 0 saturated carbocycles. The summed E-state index contributed by atoms with van der Waals surface area (Å²) in [6.45, 7) is 4.92. The van der Waals surface area contributed by atoms with Crippen molar-refractivity contribution in [3.8, 4) is 11.5 Å². The number of thiazole rings is 1. The molecule has 0 saturated heterocycles. The van der Waals surface area contributed by atoms with Gasteiger partial charge in [-0.3, -0.25) is 4.79 Å². The van der Waals surface area contributed by atoms with Crippen LogP contribution in [0.2, 0.25) is 5.02 Å². The molecular formula is C23H20ClN3O3S. The first-order valence-corrected chi connectivity index (χ1v) is 11.0. The van der Waals surface area contributed by atoms with E-state index in [2.05, 4.69) is 10.1 Å². The Morgan fingerprint density at radius 3 is 2.42 bits per heavy atom. The van der Waals surface area contributed by atoms with Gasteiger partial charge in [0.1, 0.15) is 0 Å². The first-order chi connectivity index (χ1) is 15.1. The van der Waals surface area contributed by atoms with E-state index < -0.39 is 0 Å². The van der Waals surface area contributed by atoms with Crippen LogP contribution in [0.3, 0.4) is 0 Å². The maximum atomic E-state index is 12.8. The molecule has 4 aromatic rings. The fourth-order valence-corrected chi connectivity index (χ4v) is 4.01. The Labute approximate surface area is 188 Å². The molecule has 0 aliphatic rings. The number of benzene rings is 2. The third-order valence-corrected chi connectivity index (χ3v) is 5.57. The summed E-state index contributed by atoms with van der Waals surface area (Å²) in [7, 11) is 0. The number of rotatable bonds is 7. The average Bonchev–Trinajstić information content (AvgIpc) is 3.29. The fraction of sp³-hybridized carbons (Fsp3) is 0.174.